The van der Waals surface area contributed by atoms with Crippen LogP contribution >= 0.6 is 0 Å². The molecule has 18 heavy (non-hydrogen) atoms. The summed E-state index contributed by atoms with van der Waals surface area (Å²) in [6.45, 7) is 11.6. The lowest BCUT2D eigenvalue weighted by Crippen LogP contribution is -2.50. The molecule has 1 fully saturated rings. The number of amides is 1. The van der Waals surface area contributed by atoms with Crippen molar-refractivity contribution in [2.75, 3.05) is 19.6 Å². The maximum Gasteiger partial charge on any atom is 0.223 e. The Hall–Kier alpha value is -0.570. The van der Waals surface area contributed by atoms with E-state index in [1.54, 1.807) is 0 Å². The first kappa shape index (κ1) is 15.5. The van der Waals surface area contributed by atoms with E-state index in [0.29, 0.717) is 5.92 Å². The van der Waals surface area contributed by atoms with Gasteiger partial charge in [-0.25, -0.2) is 0 Å². The van der Waals surface area contributed by atoms with Crippen LogP contribution in [0.5, 0.6) is 0 Å². The molecule has 1 rings (SSSR count). The molecule has 1 atom stereocenters. The molecule has 0 aromatic heterocycles. The van der Waals surface area contributed by atoms with E-state index in [4.69, 9.17) is 0 Å². The van der Waals surface area contributed by atoms with E-state index >= 15 is 0 Å². The highest BCUT2D eigenvalue weighted by molar-refractivity contribution is 5.78. The van der Waals surface area contributed by atoms with Crippen LogP contribution in [0.3, 0.4) is 0 Å². The molecular weight excluding hydrogens is 224 g/mol. The highest BCUT2D eigenvalue weighted by atomic mass is 16.1. The third-order valence-electron chi connectivity index (χ3n) is 4.13. The Balaban J connectivity index is 2.23. The first-order chi connectivity index (χ1) is 8.46. The zero-order chi connectivity index (χ0) is 13.6. The number of hydrogen-bond acceptors (Lipinski definition) is 2. The second-order valence-corrected chi connectivity index (χ2v) is 6.55. The molecule has 1 amide bonds. The van der Waals surface area contributed by atoms with Crippen LogP contribution in [0.25, 0.3) is 0 Å². The van der Waals surface area contributed by atoms with E-state index in [0.717, 1.165) is 19.6 Å². The molecule has 1 aliphatic heterocycles. The fourth-order valence-corrected chi connectivity index (χ4v) is 2.31. The van der Waals surface area contributed by atoms with E-state index in [9.17, 15) is 4.79 Å². The highest BCUT2D eigenvalue weighted by Gasteiger charge is 2.29. The van der Waals surface area contributed by atoms with Gasteiger partial charge in [0.15, 0.2) is 0 Å². The van der Waals surface area contributed by atoms with Gasteiger partial charge in [0.2, 0.25) is 5.91 Å². The van der Waals surface area contributed by atoms with Gasteiger partial charge >= 0.3 is 0 Å². The van der Waals surface area contributed by atoms with Crippen LogP contribution in [0, 0.1) is 17.3 Å². The summed E-state index contributed by atoms with van der Waals surface area (Å²) in [6, 6.07) is 0. The summed E-state index contributed by atoms with van der Waals surface area (Å²) in [5, 5.41) is 6.36. The van der Waals surface area contributed by atoms with E-state index in [1.165, 1.54) is 25.7 Å². The molecule has 0 radical (unpaired) electrons. The summed E-state index contributed by atoms with van der Waals surface area (Å²) in [7, 11) is 0. The topological polar surface area (TPSA) is 41.1 Å². The largest absolute Gasteiger partial charge is 0.355 e. The monoisotopic (exact) mass is 254 g/mol. The normalized spacial score (nSPS) is 18.2. The second-order valence-electron chi connectivity index (χ2n) is 6.55. The average Bonchev–Trinajstić information content (AvgIpc) is 2.23. The standard InChI is InChI=1S/C15H30N2O/c1-5-6-7-8-15(3,4)11-17-14(18)12(2)13-9-16-10-13/h12-13,16H,5-11H2,1-4H3,(H,17,18). The van der Waals surface area contributed by atoms with Crippen LogP contribution < -0.4 is 10.6 Å². The fourth-order valence-electron chi connectivity index (χ4n) is 2.31. The Bertz CT molecular complexity index is 259. The number of rotatable bonds is 8. The summed E-state index contributed by atoms with van der Waals surface area (Å²) in [5.41, 5.74) is 0.225. The van der Waals surface area contributed by atoms with Gasteiger partial charge in [0.25, 0.3) is 0 Å². The van der Waals surface area contributed by atoms with E-state index in [-0.39, 0.29) is 17.2 Å². The van der Waals surface area contributed by atoms with Crippen LogP contribution in [0.15, 0.2) is 0 Å². The Labute approximate surface area is 112 Å². The minimum Gasteiger partial charge on any atom is -0.355 e. The van der Waals surface area contributed by atoms with Gasteiger partial charge in [-0.15, -0.1) is 0 Å². The lowest BCUT2D eigenvalue weighted by Gasteiger charge is -2.33. The van der Waals surface area contributed by atoms with Gasteiger partial charge in [-0.3, -0.25) is 4.79 Å². The first-order valence-corrected chi connectivity index (χ1v) is 7.44. The van der Waals surface area contributed by atoms with Crippen molar-refractivity contribution in [3.8, 4) is 0 Å². The molecular formula is C15H30N2O. The summed E-state index contributed by atoms with van der Waals surface area (Å²) in [4.78, 5) is 12.0. The lowest BCUT2D eigenvalue weighted by atomic mass is 9.85. The summed E-state index contributed by atoms with van der Waals surface area (Å²) < 4.78 is 0. The van der Waals surface area contributed by atoms with Crippen molar-refractivity contribution in [1.82, 2.24) is 10.6 Å². The molecule has 0 aromatic rings. The second kappa shape index (κ2) is 7.13. The Kier molecular flexibility index (Phi) is 6.13. The number of carbonyl (C=O) groups is 1. The van der Waals surface area contributed by atoms with Gasteiger partial charge in [0.1, 0.15) is 0 Å². The molecule has 0 aromatic carbocycles. The van der Waals surface area contributed by atoms with Crippen LogP contribution in [-0.2, 0) is 4.79 Å². The van der Waals surface area contributed by atoms with Crippen LogP contribution in [-0.4, -0.2) is 25.5 Å². The van der Waals surface area contributed by atoms with Crippen molar-refractivity contribution >= 4 is 5.91 Å². The van der Waals surface area contributed by atoms with Crippen molar-refractivity contribution in [3.63, 3.8) is 0 Å². The summed E-state index contributed by atoms with van der Waals surface area (Å²) >= 11 is 0. The van der Waals surface area contributed by atoms with E-state index in [1.807, 2.05) is 6.92 Å². The summed E-state index contributed by atoms with van der Waals surface area (Å²) in [5.74, 6) is 0.913. The maximum atomic E-state index is 12.0. The van der Waals surface area contributed by atoms with Gasteiger partial charge in [-0.1, -0.05) is 47.0 Å². The van der Waals surface area contributed by atoms with Crippen LogP contribution in [0.2, 0.25) is 0 Å². The smallest absolute Gasteiger partial charge is 0.223 e. The SMILES string of the molecule is CCCCCC(C)(C)CNC(=O)C(C)C1CNC1. The molecule has 1 aliphatic rings. The number of unbranched alkanes of at least 4 members (excludes halogenated alkanes) is 2. The Morgan fingerprint density at radius 2 is 2.06 bits per heavy atom. The molecule has 2 N–H and O–H groups in total. The van der Waals surface area contributed by atoms with Crippen LogP contribution in [0.4, 0.5) is 0 Å². The Morgan fingerprint density at radius 3 is 2.56 bits per heavy atom. The molecule has 0 spiro atoms. The number of hydrogen-bond donors (Lipinski definition) is 2. The third kappa shape index (κ3) is 4.97. The molecule has 1 unspecified atom stereocenters. The molecule has 3 heteroatoms. The Morgan fingerprint density at radius 1 is 1.39 bits per heavy atom. The molecule has 3 nitrogen and oxygen atoms in total. The zero-order valence-corrected chi connectivity index (χ0v) is 12.5. The van der Waals surface area contributed by atoms with E-state index in [2.05, 4.69) is 31.4 Å². The lowest BCUT2D eigenvalue weighted by molar-refractivity contribution is -0.127. The third-order valence-corrected chi connectivity index (χ3v) is 4.13. The zero-order valence-electron chi connectivity index (χ0n) is 12.5. The molecule has 0 aliphatic carbocycles. The number of nitrogens with one attached hydrogen (secondary N) is 2. The predicted octanol–water partition coefficient (Wildman–Crippen LogP) is 2.56. The molecule has 0 saturated carbocycles. The van der Waals surface area contributed by atoms with Crippen LogP contribution in [0.1, 0.15) is 53.4 Å². The fraction of sp³-hybridized carbons (Fsp3) is 0.933. The van der Waals surface area contributed by atoms with Crippen molar-refractivity contribution in [2.24, 2.45) is 17.3 Å². The van der Waals surface area contributed by atoms with E-state index < -0.39 is 0 Å². The number of carbonyl (C=O) groups excluding carboxylic acids is 1. The molecule has 1 heterocycles. The molecule has 106 valence electrons. The van der Waals surface area contributed by atoms with Gasteiger partial charge < -0.3 is 10.6 Å². The van der Waals surface area contributed by atoms with Gasteiger partial charge in [0.05, 0.1) is 0 Å². The predicted molar refractivity (Wildman–Crippen MR) is 76.5 cm³/mol. The minimum absolute atomic E-state index is 0.151. The molecule has 1 saturated heterocycles. The maximum absolute atomic E-state index is 12.0. The molecule has 0 bridgehead atoms. The van der Waals surface area contributed by atoms with Gasteiger partial charge in [-0.05, 0) is 30.8 Å². The van der Waals surface area contributed by atoms with Gasteiger partial charge in [-0.2, -0.15) is 0 Å². The quantitative estimate of drug-likeness (QED) is 0.654. The van der Waals surface area contributed by atoms with Gasteiger partial charge in [0, 0.05) is 12.5 Å². The van der Waals surface area contributed by atoms with Crippen molar-refractivity contribution in [2.45, 2.75) is 53.4 Å². The highest BCUT2D eigenvalue weighted by Crippen LogP contribution is 2.23. The average molecular weight is 254 g/mol. The van der Waals surface area contributed by atoms with Crippen molar-refractivity contribution < 1.29 is 4.79 Å². The first-order valence-electron chi connectivity index (χ1n) is 7.44. The van der Waals surface area contributed by atoms with Crippen molar-refractivity contribution in [3.05, 3.63) is 0 Å². The minimum atomic E-state index is 0.151. The summed E-state index contributed by atoms with van der Waals surface area (Å²) in [6.07, 6.45) is 5.01. The van der Waals surface area contributed by atoms with Crippen molar-refractivity contribution in [1.29, 1.82) is 0 Å².